The molecule has 2 heterocycles. The molecule has 0 saturated carbocycles. The fourth-order valence-electron chi connectivity index (χ4n) is 3.39. The smallest absolute Gasteiger partial charge is 0.251 e. The van der Waals surface area contributed by atoms with E-state index >= 15 is 0 Å². The van der Waals surface area contributed by atoms with Crippen LogP contribution >= 0.6 is 0 Å². The molecule has 1 atom stereocenters. The lowest BCUT2D eigenvalue weighted by Gasteiger charge is -2.23. The highest BCUT2D eigenvalue weighted by atomic mass is 32.2. The van der Waals surface area contributed by atoms with Crippen LogP contribution in [-0.2, 0) is 9.84 Å². The van der Waals surface area contributed by atoms with Crippen molar-refractivity contribution >= 4 is 26.8 Å². The molecule has 4 rings (SSSR count). The van der Waals surface area contributed by atoms with Crippen LogP contribution in [0.3, 0.4) is 0 Å². The van der Waals surface area contributed by atoms with Crippen LogP contribution in [0.1, 0.15) is 23.7 Å². The van der Waals surface area contributed by atoms with Crippen molar-refractivity contribution in [3.05, 3.63) is 60.4 Å². The molecule has 3 aromatic rings. The molecule has 2 aromatic carbocycles. The standard InChI is InChI=1S/C19H19N3O3S/c1-19(10-11-26(24,25)12-19)21-18(23)14-6-8-15(9-7-14)22-13-20-16-4-2-3-5-17(16)22/h2-9,13H,10-12H2,1H3,(H,21,23)/t19-/m1/s1. The van der Waals surface area contributed by atoms with Gasteiger partial charge in [0.1, 0.15) is 6.33 Å². The van der Waals surface area contributed by atoms with E-state index in [2.05, 4.69) is 10.3 Å². The van der Waals surface area contributed by atoms with Gasteiger partial charge < -0.3 is 5.32 Å². The Hall–Kier alpha value is -2.67. The fourth-order valence-corrected chi connectivity index (χ4v) is 5.49. The average molecular weight is 369 g/mol. The van der Waals surface area contributed by atoms with Crippen LogP contribution in [0.2, 0.25) is 0 Å². The van der Waals surface area contributed by atoms with E-state index in [4.69, 9.17) is 0 Å². The molecule has 1 fully saturated rings. The number of hydrogen-bond acceptors (Lipinski definition) is 4. The third kappa shape index (κ3) is 3.10. The Kier molecular flexibility index (Phi) is 3.84. The van der Waals surface area contributed by atoms with Crippen LogP contribution in [0.5, 0.6) is 0 Å². The summed E-state index contributed by atoms with van der Waals surface area (Å²) in [5.41, 5.74) is 2.61. The zero-order valence-corrected chi connectivity index (χ0v) is 15.2. The second kappa shape index (κ2) is 5.95. The van der Waals surface area contributed by atoms with Gasteiger partial charge in [0.15, 0.2) is 9.84 Å². The fraction of sp³-hybridized carbons (Fsp3) is 0.263. The van der Waals surface area contributed by atoms with Crippen molar-refractivity contribution in [3.63, 3.8) is 0 Å². The lowest BCUT2D eigenvalue weighted by atomic mass is 10.0. The van der Waals surface area contributed by atoms with Crippen molar-refractivity contribution in [2.75, 3.05) is 11.5 Å². The Morgan fingerprint density at radius 3 is 2.58 bits per heavy atom. The van der Waals surface area contributed by atoms with E-state index in [1.54, 1.807) is 25.4 Å². The largest absolute Gasteiger partial charge is 0.346 e. The first-order valence-corrected chi connectivity index (χ1v) is 10.2. The predicted molar refractivity (Wildman–Crippen MR) is 100 cm³/mol. The number of nitrogens with one attached hydrogen (secondary N) is 1. The minimum absolute atomic E-state index is 0.00908. The third-order valence-electron chi connectivity index (χ3n) is 4.78. The van der Waals surface area contributed by atoms with E-state index in [1.165, 1.54) is 0 Å². The molecule has 1 aliphatic heterocycles. The highest BCUT2D eigenvalue weighted by molar-refractivity contribution is 7.91. The Bertz CT molecular complexity index is 1090. The van der Waals surface area contributed by atoms with Gasteiger partial charge in [-0.25, -0.2) is 13.4 Å². The van der Waals surface area contributed by atoms with Gasteiger partial charge in [0.25, 0.3) is 5.91 Å². The van der Waals surface area contributed by atoms with Crippen molar-refractivity contribution in [1.82, 2.24) is 14.9 Å². The maximum atomic E-state index is 12.5. The number of sulfone groups is 1. The van der Waals surface area contributed by atoms with Crippen LogP contribution in [0.25, 0.3) is 16.7 Å². The molecule has 0 radical (unpaired) electrons. The van der Waals surface area contributed by atoms with Crippen LogP contribution in [-0.4, -0.2) is 40.9 Å². The topological polar surface area (TPSA) is 81.1 Å². The van der Waals surface area contributed by atoms with E-state index < -0.39 is 15.4 Å². The Labute approximate surface area is 151 Å². The number of amides is 1. The van der Waals surface area contributed by atoms with Crippen molar-refractivity contribution in [2.45, 2.75) is 18.9 Å². The minimum atomic E-state index is -3.06. The van der Waals surface area contributed by atoms with Gasteiger partial charge in [0, 0.05) is 11.3 Å². The van der Waals surface area contributed by atoms with Gasteiger partial charge in [0.2, 0.25) is 0 Å². The molecule has 1 aliphatic rings. The molecule has 1 amide bonds. The van der Waals surface area contributed by atoms with E-state index in [9.17, 15) is 13.2 Å². The first kappa shape index (κ1) is 16.8. The highest BCUT2D eigenvalue weighted by Gasteiger charge is 2.39. The predicted octanol–water partition coefficient (Wildman–Crippen LogP) is 2.33. The monoisotopic (exact) mass is 369 g/mol. The molecule has 1 N–H and O–H groups in total. The maximum Gasteiger partial charge on any atom is 0.251 e. The Morgan fingerprint density at radius 1 is 1.15 bits per heavy atom. The molecule has 0 spiro atoms. The van der Waals surface area contributed by atoms with Gasteiger partial charge in [-0.1, -0.05) is 12.1 Å². The minimum Gasteiger partial charge on any atom is -0.346 e. The van der Waals surface area contributed by atoms with Crippen LogP contribution in [0.15, 0.2) is 54.9 Å². The number of hydrogen-bond donors (Lipinski definition) is 1. The zero-order valence-electron chi connectivity index (χ0n) is 14.3. The van der Waals surface area contributed by atoms with E-state index in [1.807, 2.05) is 41.0 Å². The third-order valence-corrected chi connectivity index (χ3v) is 6.68. The number of rotatable bonds is 3. The molecule has 134 valence electrons. The number of fused-ring (bicyclic) bond motifs is 1. The number of para-hydroxylation sites is 2. The quantitative estimate of drug-likeness (QED) is 0.768. The van der Waals surface area contributed by atoms with E-state index in [0.717, 1.165) is 16.7 Å². The van der Waals surface area contributed by atoms with Crippen molar-refractivity contribution < 1.29 is 13.2 Å². The molecular weight excluding hydrogens is 350 g/mol. The molecule has 1 saturated heterocycles. The summed E-state index contributed by atoms with van der Waals surface area (Å²) < 4.78 is 25.3. The Morgan fingerprint density at radius 2 is 1.88 bits per heavy atom. The number of benzene rings is 2. The molecule has 1 aromatic heterocycles. The first-order valence-electron chi connectivity index (χ1n) is 8.41. The van der Waals surface area contributed by atoms with Gasteiger partial charge in [-0.15, -0.1) is 0 Å². The molecule has 6 nitrogen and oxygen atoms in total. The maximum absolute atomic E-state index is 12.5. The van der Waals surface area contributed by atoms with Gasteiger partial charge in [0.05, 0.1) is 28.1 Å². The molecule has 0 aliphatic carbocycles. The van der Waals surface area contributed by atoms with Crippen molar-refractivity contribution in [2.24, 2.45) is 0 Å². The van der Waals surface area contributed by atoms with Gasteiger partial charge in [-0.2, -0.15) is 0 Å². The number of imidazole rings is 1. The number of carbonyl (C=O) groups is 1. The summed E-state index contributed by atoms with van der Waals surface area (Å²) in [4.78, 5) is 16.9. The summed E-state index contributed by atoms with van der Waals surface area (Å²) in [7, 11) is -3.06. The second-order valence-corrected chi connectivity index (χ2v) is 9.19. The van der Waals surface area contributed by atoms with Crippen molar-refractivity contribution in [3.8, 4) is 5.69 Å². The summed E-state index contributed by atoms with van der Waals surface area (Å²) in [6, 6.07) is 15.0. The lowest BCUT2D eigenvalue weighted by molar-refractivity contribution is 0.0915. The molecule has 0 bridgehead atoms. The summed E-state index contributed by atoms with van der Waals surface area (Å²) in [5, 5.41) is 2.87. The van der Waals surface area contributed by atoms with Crippen LogP contribution in [0, 0.1) is 0 Å². The summed E-state index contributed by atoms with van der Waals surface area (Å²) in [6.45, 7) is 1.78. The summed E-state index contributed by atoms with van der Waals surface area (Å²) >= 11 is 0. The van der Waals surface area contributed by atoms with Gasteiger partial charge >= 0.3 is 0 Å². The highest BCUT2D eigenvalue weighted by Crippen LogP contribution is 2.24. The molecule has 0 unspecified atom stereocenters. The van der Waals surface area contributed by atoms with E-state index in [-0.39, 0.29) is 17.4 Å². The Balaban J connectivity index is 1.55. The van der Waals surface area contributed by atoms with E-state index in [0.29, 0.717) is 12.0 Å². The van der Waals surface area contributed by atoms with Crippen molar-refractivity contribution in [1.29, 1.82) is 0 Å². The average Bonchev–Trinajstić information content (AvgIpc) is 3.15. The summed E-state index contributed by atoms with van der Waals surface area (Å²) in [6.07, 6.45) is 2.20. The molecule has 7 heteroatoms. The normalized spacial score (nSPS) is 21.7. The second-order valence-electron chi connectivity index (χ2n) is 7.01. The van der Waals surface area contributed by atoms with Crippen LogP contribution < -0.4 is 5.32 Å². The van der Waals surface area contributed by atoms with Gasteiger partial charge in [-0.3, -0.25) is 9.36 Å². The molecule has 26 heavy (non-hydrogen) atoms. The van der Waals surface area contributed by atoms with Crippen LogP contribution in [0.4, 0.5) is 0 Å². The number of carbonyl (C=O) groups excluding carboxylic acids is 1. The molecular formula is C19H19N3O3S. The number of aromatic nitrogens is 2. The van der Waals surface area contributed by atoms with Gasteiger partial charge in [-0.05, 0) is 49.7 Å². The summed E-state index contributed by atoms with van der Waals surface area (Å²) in [5.74, 6) is -0.145. The zero-order chi connectivity index (χ0) is 18.4. The first-order chi connectivity index (χ1) is 12.4. The number of nitrogens with zero attached hydrogens (tertiary/aromatic N) is 2. The SMILES string of the molecule is C[C@@]1(NC(=O)c2ccc(-n3cnc4ccccc43)cc2)CCS(=O)(=O)C1. The lowest BCUT2D eigenvalue weighted by Crippen LogP contribution is -2.46.